The summed E-state index contributed by atoms with van der Waals surface area (Å²) in [7, 11) is 0. The molecule has 0 aliphatic carbocycles. The van der Waals surface area contributed by atoms with Crippen LogP contribution in [0.2, 0.25) is 0 Å². The topological polar surface area (TPSA) is 28.7 Å². The fourth-order valence-corrected chi connectivity index (χ4v) is 1.29. The summed E-state index contributed by atoms with van der Waals surface area (Å²) >= 11 is 0. The molecule has 0 saturated heterocycles. The van der Waals surface area contributed by atoms with Crippen LogP contribution in [0.15, 0.2) is 48.7 Å². The summed E-state index contributed by atoms with van der Waals surface area (Å²) in [6.07, 6.45) is 1.88. The molecule has 0 radical (unpaired) electrons. The summed E-state index contributed by atoms with van der Waals surface area (Å²) in [4.78, 5) is 0. The molecular weight excluding hydrogens is 160 g/mol. The minimum Gasteiger partial charge on any atom is -0.308 e. The molecule has 13 heavy (non-hydrogen) atoms. The van der Waals surface area contributed by atoms with Crippen molar-refractivity contribution in [3.63, 3.8) is 0 Å². The van der Waals surface area contributed by atoms with Gasteiger partial charge in [0, 0.05) is 11.9 Å². The first kappa shape index (κ1) is 7.63. The second kappa shape index (κ2) is 3.16. The Morgan fingerprint density at radius 1 is 1.00 bits per heavy atom. The molecule has 0 amide bonds. The average molecular weight is 168 g/mol. The zero-order chi connectivity index (χ0) is 9.10. The maximum absolute atomic E-state index is 8.80. The zero-order valence-electron chi connectivity index (χ0n) is 7.01. The Balaban J connectivity index is 2.54. The van der Waals surface area contributed by atoms with Crippen molar-refractivity contribution in [3.05, 3.63) is 54.4 Å². The summed E-state index contributed by atoms with van der Waals surface area (Å²) in [5.41, 5.74) is 1.68. The SMILES string of the molecule is N#Cc1cccn1-c1ccccc1. The maximum atomic E-state index is 8.80. The van der Waals surface area contributed by atoms with E-state index in [0.29, 0.717) is 5.69 Å². The Labute approximate surface area is 76.7 Å². The summed E-state index contributed by atoms with van der Waals surface area (Å²) in [6.45, 7) is 0. The molecule has 0 fully saturated rings. The Bertz CT molecular complexity index is 435. The Morgan fingerprint density at radius 3 is 2.46 bits per heavy atom. The normalized spacial score (nSPS) is 9.46. The van der Waals surface area contributed by atoms with Crippen molar-refractivity contribution < 1.29 is 0 Å². The minimum absolute atomic E-state index is 0.659. The molecule has 0 aliphatic heterocycles. The van der Waals surface area contributed by atoms with Crippen LogP contribution in [0.4, 0.5) is 0 Å². The number of hydrogen-bond donors (Lipinski definition) is 0. The summed E-state index contributed by atoms with van der Waals surface area (Å²) in [5, 5.41) is 8.80. The van der Waals surface area contributed by atoms with E-state index >= 15 is 0 Å². The Kier molecular flexibility index (Phi) is 1.85. The number of benzene rings is 1. The molecule has 1 heterocycles. The van der Waals surface area contributed by atoms with E-state index in [1.807, 2.05) is 47.2 Å². The molecule has 0 aliphatic rings. The standard InChI is InChI=1S/C11H8N2/c12-9-11-7-4-8-13(11)10-5-2-1-3-6-10/h1-8H. The van der Waals surface area contributed by atoms with Crippen molar-refractivity contribution >= 4 is 0 Å². The zero-order valence-corrected chi connectivity index (χ0v) is 7.01. The van der Waals surface area contributed by atoms with Gasteiger partial charge >= 0.3 is 0 Å². The van der Waals surface area contributed by atoms with Gasteiger partial charge < -0.3 is 4.57 Å². The van der Waals surface area contributed by atoms with Gasteiger partial charge in [-0.15, -0.1) is 0 Å². The van der Waals surface area contributed by atoms with Crippen molar-refractivity contribution in [1.82, 2.24) is 4.57 Å². The molecule has 0 bridgehead atoms. The van der Waals surface area contributed by atoms with Crippen LogP contribution in [0.3, 0.4) is 0 Å². The molecule has 2 rings (SSSR count). The van der Waals surface area contributed by atoms with Gasteiger partial charge in [0.15, 0.2) is 0 Å². The predicted molar refractivity (Wildman–Crippen MR) is 50.5 cm³/mol. The molecule has 0 spiro atoms. The van der Waals surface area contributed by atoms with E-state index in [2.05, 4.69) is 6.07 Å². The van der Waals surface area contributed by atoms with E-state index in [9.17, 15) is 0 Å². The van der Waals surface area contributed by atoms with Crippen molar-refractivity contribution in [2.45, 2.75) is 0 Å². The van der Waals surface area contributed by atoms with Crippen LogP contribution in [-0.4, -0.2) is 4.57 Å². The summed E-state index contributed by atoms with van der Waals surface area (Å²) in [5.74, 6) is 0. The highest BCUT2D eigenvalue weighted by molar-refractivity contribution is 5.38. The number of hydrogen-bond acceptors (Lipinski definition) is 1. The molecule has 2 nitrogen and oxygen atoms in total. The lowest BCUT2D eigenvalue weighted by molar-refractivity contribution is 1.05. The van der Waals surface area contributed by atoms with Gasteiger partial charge in [-0.1, -0.05) is 18.2 Å². The number of rotatable bonds is 1. The van der Waals surface area contributed by atoms with Crippen LogP contribution >= 0.6 is 0 Å². The molecule has 0 atom stereocenters. The lowest BCUT2D eigenvalue weighted by atomic mass is 10.3. The number of aromatic nitrogens is 1. The van der Waals surface area contributed by atoms with Gasteiger partial charge in [-0.05, 0) is 24.3 Å². The molecule has 62 valence electrons. The van der Waals surface area contributed by atoms with Crippen LogP contribution in [0.25, 0.3) is 5.69 Å². The van der Waals surface area contributed by atoms with Gasteiger partial charge in [0.2, 0.25) is 0 Å². The van der Waals surface area contributed by atoms with Crippen LogP contribution < -0.4 is 0 Å². The average Bonchev–Trinajstić information content (AvgIpc) is 2.67. The molecule has 1 aromatic carbocycles. The van der Waals surface area contributed by atoms with Crippen molar-refractivity contribution in [1.29, 1.82) is 5.26 Å². The number of para-hydroxylation sites is 1. The second-order valence-corrected chi connectivity index (χ2v) is 2.71. The van der Waals surface area contributed by atoms with Gasteiger partial charge in [-0.2, -0.15) is 5.26 Å². The molecule has 0 N–H and O–H groups in total. The Morgan fingerprint density at radius 2 is 1.77 bits per heavy atom. The van der Waals surface area contributed by atoms with Crippen LogP contribution in [0.5, 0.6) is 0 Å². The van der Waals surface area contributed by atoms with Gasteiger partial charge in [0.05, 0.1) is 0 Å². The van der Waals surface area contributed by atoms with Crippen molar-refractivity contribution in [2.24, 2.45) is 0 Å². The predicted octanol–water partition coefficient (Wildman–Crippen LogP) is 2.35. The largest absolute Gasteiger partial charge is 0.308 e. The fourth-order valence-electron chi connectivity index (χ4n) is 1.29. The van der Waals surface area contributed by atoms with Crippen LogP contribution in [-0.2, 0) is 0 Å². The molecule has 1 aromatic heterocycles. The third kappa shape index (κ3) is 1.32. The highest BCUT2D eigenvalue weighted by atomic mass is 15.0. The van der Waals surface area contributed by atoms with E-state index in [-0.39, 0.29) is 0 Å². The quantitative estimate of drug-likeness (QED) is 0.642. The minimum atomic E-state index is 0.659. The van der Waals surface area contributed by atoms with E-state index in [0.717, 1.165) is 5.69 Å². The lowest BCUT2D eigenvalue weighted by Crippen LogP contribution is -1.93. The summed E-state index contributed by atoms with van der Waals surface area (Å²) < 4.78 is 1.86. The monoisotopic (exact) mass is 168 g/mol. The molecule has 0 saturated carbocycles. The van der Waals surface area contributed by atoms with Crippen LogP contribution in [0, 0.1) is 11.3 Å². The fraction of sp³-hybridized carbons (Fsp3) is 0. The van der Waals surface area contributed by atoms with E-state index in [4.69, 9.17) is 5.26 Å². The lowest BCUT2D eigenvalue weighted by Gasteiger charge is -2.02. The van der Waals surface area contributed by atoms with Gasteiger partial charge in [0.1, 0.15) is 11.8 Å². The van der Waals surface area contributed by atoms with E-state index in [1.54, 1.807) is 6.07 Å². The molecular formula is C11H8N2. The molecule has 2 heteroatoms. The van der Waals surface area contributed by atoms with Gasteiger partial charge in [-0.25, -0.2) is 0 Å². The second-order valence-electron chi connectivity index (χ2n) is 2.71. The number of nitriles is 1. The third-order valence-electron chi connectivity index (χ3n) is 1.90. The van der Waals surface area contributed by atoms with E-state index < -0.39 is 0 Å². The van der Waals surface area contributed by atoms with Crippen molar-refractivity contribution in [3.8, 4) is 11.8 Å². The maximum Gasteiger partial charge on any atom is 0.124 e. The smallest absolute Gasteiger partial charge is 0.124 e. The van der Waals surface area contributed by atoms with Gasteiger partial charge in [-0.3, -0.25) is 0 Å². The highest BCUT2D eigenvalue weighted by Gasteiger charge is 1.99. The molecule has 2 aromatic rings. The van der Waals surface area contributed by atoms with Crippen LogP contribution in [0.1, 0.15) is 5.69 Å². The van der Waals surface area contributed by atoms with Crippen molar-refractivity contribution in [2.75, 3.05) is 0 Å². The van der Waals surface area contributed by atoms with E-state index in [1.165, 1.54) is 0 Å². The first-order valence-electron chi connectivity index (χ1n) is 4.05. The first-order chi connectivity index (χ1) is 6.42. The first-order valence-corrected chi connectivity index (χ1v) is 4.05. The third-order valence-corrected chi connectivity index (χ3v) is 1.90. The highest BCUT2D eigenvalue weighted by Crippen LogP contribution is 2.10. The summed E-state index contributed by atoms with van der Waals surface area (Å²) in [6, 6.07) is 15.6. The number of nitrogens with zero attached hydrogens (tertiary/aromatic N) is 2. The molecule has 0 unspecified atom stereocenters. The van der Waals surface area contributed by atoms with Gasteiger partial charge in [0.25, 0.3) is 0 Å². The Hall–Kier alpha value is -2.01.